The van der Waals surface area contributed by atoms with Crippen LogP contribution in [0.25, 0.3) is 10.2 Å². The Hall–Kier alpha value is -4.72. The lowest BCUT2D eigenvalue weighted by Gasteiger charge is -2.36. The van der Waals surface area contributed by atoms with E-state index in [0.717, 1.165) is 71.9 Å². The summed E-state index contributed by atoms with van der Waals surface area (Å²) in [5.41, 5.74) is 3.63. The number of anilines is 2. The van der Waals surface area contributed by atoms with E-state index in [2.05, 4.69) is 25.8 Å². The zero-order valence-corrected chi connectivity index (χ0v) is 33.0. The Morgan fingerprint density at radius 2 is 1.77 bits per heavy atom. The minimum absolute atomic E-state index is 0.140. The molecule has 1 unspecified atom stereocenters. The number of nitrogens with zero attached hydrogens (tertiary/aromatic N) is 4. The second kappa shape index (κ2) is 16.0. The van der Waals surface area contributed by atoms with Gasteiger partial charge in [0, 0.05) is 55.1 Å². The van der Waals surface area contributed by atoms with Gasteiger partial charge in [0.05, 0.1) is 26.4 Å². The fraction of sp³-hybridized carbons (Fsp3) is 0.488. The number of thiazole rings is 1. The first kappa shape index (κ1) is 38.2. The first-order valence-electron chi connectivity index (χ1n) is 20.1. The molecule has 4 amide bonds. The van der Waals surface area contributed by atoms with Crippen LogP contribution in [0.15, 0.2) is 54.7 Å². The van der Waals surface area contributed by atoms with Crippen molar-refractivity contribution in [1.82, 2.24) is 25.1 Å². The number of piperidine rings is 2. The minimum atomic E-state index is -1.16. The summed E-state index contributed by atoms with van der Waals surface area (Å²) in [6.07, 6.45) is 10.2. The Morgan fingerprint density at radius 1 is 0.964 bits per heavy atom. The van der Waals surface area contributed by atoms with E-state index in [1.54, 1.807) is 54.5 Å². The summed E-state index contributed by atoms with van der Waals surface area (Å²) in [6.45, 7) is 8.01. The number of hydrogen-bond donors (Lipinski definition) is 4. The van der Waals surface area contributed by atoms with Crippen LogP contribution in [0.1, 0.15) is 115 Å². The number of likely N-dealkylation sites (tertiary alicyclic amines) is 1. The molecule has 13 heteroatoms. The molecule has 2 saturated heterocycles. The van der Waals surface area contributed by atoms with Crippen LogP contribution in [0.5, 0.6) is 0 Å². The first-order chi connectivity index (χ1) is 27.0. The maximum atomic E-state index is 13.4. The van der Waals surface area contributed by atoms with E-state index in [0.29, 0.717) is 53.2 Å². The molecule has 3 fully saturated rings. The number of imide groups is 1. The molecule has 2 aromatic carbocycles. The van der Waals surface area contributed by atoms with Gasteiger partial charge in [-0.2, -0.15) is 0 Å². The lowest BCUT2D eigenvalue weighted by atomic mass is 9.81. The summed E-state index contributed by atoms with van der Waals surface area (Å²) in [6, 6.07) is 14.4. The van der Waals surface area contributed by atoms with E-state index >= 15 is 0 Å². The predicted octanol–water partition coefficient (Wildman–Crippen LogP) is 6.42. The van der Waals surface area contributed by atoms with Gasteiger partial charge in [0.1, 0.15) is 11.7 Å². The van der Waals surface area contributed by atoms with Crippen LogP contribution < -0.4 is 16.0 Å². The Bertz CT molecular complexity index is 2120. The number of aliphatic hydroxyl groups is 1. The molecular formula is C43H51N7O5S. The molecule has 4 N–H and O–H groups in total. The van der Waals surface area contributed by atoms with Gasteiger partial charge >= 0.3 is 0 Å². The second-order valence-electron chi connectivity index (χ2n) is 16.6. The molecule has 2 aromatic heterocycles. The molecule has 56 heavy (non-hydrogen) atoms. The van der Waals surface area contributed by atoms with Crippen LogP contribution in [-0.2, 0) is 21.7 Å². The number of aromatic nitrogens is 2. The van der Waals surface area contributed by atoms with Crippen molar-refractivity contribution in [3.05, 3.63) is 82.1 Å². The van der Waals surface area contributed by atoms with Gasteiger partial charge in [-0.3, -0.25) is 29.5 Å². The number of pyridine rings is 1. The zero-order chi connectivity index (χ0) is 39.0. The van der Waals surface area contributed by atoms with Gasteiger partial charge in [-0.05, 0) is 126 Å². The number of hydrogen-bond acceptors (Lipinski definition) is 10. The molecule has 4 aliphatic rings. The minimum Gasteiger partial charge on any atom is -0.386 e. The van der Waals surface area contributed by atoms with Crippen LogP contribution in [-0.4, -0.2) is 80.7 Å². The van der Waals surface area contributed by atoms with E-state index in [4.69, 9.17) is 4.98 Å². The topological polar surface area (TPSA) is 157 Å². The van der Waals surface area contributed by atoms with Crippen LogP contribution in [0.2, 0.25) is 0 Å². The van der Waals surface area contributed by atoms with Crippen LogP contribution in [0.4, 0.5) is 11.4 Å². The standard InChI is InChI=1S/C43H51N7O5S/c1-43(2,55)30-22-34-36(23-33(30)46-39(52)32-7-3-4-18-44-32)56-41(47-34)28-11-9-27(10-12-28)24-49-20-16-26(17-21-49)15-19-45-31-8-5-6-29-25-50(42(54)38(29)31)35-13-14-37(51)48-40(35)53/h3-8,18,22-23,26-28,35,45,55H,9-17,19-21,24-25H2,1-2H3,(H,46,52)(H,48,51,53)/t27-,28-,35?. The molecule has 8 rings (SSSR count). The van der Waals surface area contributed by atoms with Crippen LogP contribution >= 0.6 is 11.3 Å². The van der Waals surface area contributed by atoms with E-state index < -0.39 is 11.6 Å². The molecule has 294 valence electrons. The van der Waals surface area contributed by atoms with E-state index in [1.807, 2.05) is 30.3 Å². The number of carbonyl (C=O) groups excluding carboxylic acids is 4. The smallest absolute Gasteiger partial charge is 0.274 e. The third kappa shape index (κ3) is 8.21. The van der Waals surface area contributed by atoms with Crippen molar-refractivity contribution in [1.29, 1.82) is 0 Å². The van der Waals surface area contributed by atoms with Crippen molar-refractivity contribution in [3.63, 3.8) is 0 Å². The molecule has 1 saturated carbocycles. The predicted molar refractivity (Wildman–Crippen MR) is 217 cm³/mol. The quantitative estimate of drug-likeness (QED) is 0.126. The normalized spacial score (nSPS) is 22.3. The average molecular weight is 778 g/mol. The van der Waals surface area contributed by atoms with E-state index in [9.17, 15) is 24.3 Å². The van der Waals surface area contributed by atoms with Crippen molar-refractivity contribution < 1.29 is 24.3 Å². The highest BCUT2D eigenvalue weighted by Crippen LogP contribution is 2.42. The van der Waals surface area contributed by atoms with Crippen LogP contribution in [0.3, 0.4) is 0 Å². The zero-order valence-electron chi connectivity index (χ0n) is 32.2. The number of amides is 4. The Morgan fingerprint density at radius 3 is 2.50 bits per heavy atom. The van der Waals surface area contributed by atoms with Gasteiger partial charge in [-0.15, -0.1) is 11.3 Å². The molecule has 1 aliphatic carbocycles. The maximum Gasteiger partial charge on any atom is 0.274 e. The third-order valence-corrected chi connectivity index (χ3v) is 13.4. The molecule has 0 spiro atoms. The van der Waals surface area contributed by atoms with E-state index in [1.165, 1.54) is 25.7 Å². The molecule has 5 heterocycles. The molecule has 4 aromatic rings. The van der Waals surface area contributed by atoms with E-state index in [-0.39, 0.29) is 30.0 Å². The molecule has 1 atom stereocenters. The monoisotopic (exact) mass is 777 g/mol. The number of benzene rings is 2. The largest absolute Gasteiger partial charge is 0.386 e. The second-order valence-corrected chi connectivity index (χ2v) is 17.6. The summed E-state index contributed by atoms with van der Waals surface area (Å²) < 4.78 is 1.00. The molecule has 12 nitrogen and oxygen atoms in total. The fourth-order valence-electron chi connectivity index (χ4n) is 9.05. The molecule has 3 aliphatic heterocycles. The number of nitrogens with one attached hydrogen (secondary N) is 3. The summed E-state index contributed by atoms with van der Waals surface area (Å²) in [4.78, 5) is 64.0. The molecule has 0 bridgehead atoms. The van der Waals surface area contributed by atoms with Gasteiger partial charge in [0.2, 0.25) is 11.8 Å². The maximum absolute atomic E-state index is 13.4. The third-order valence-electron chi connectivity index (χ3n) is 12.2. The number of fused-ring (bicyclic) bond motifs is 2. The van der Waals surface area contributed by atoms with Crippen molar-refractivity contribution in [3.8, 4) is 0 Å². The van der Waals surface area contributed by atoms with Gasteiger partial charge in [0.25, 0.3) is 11.8 Å². The SMILES string of the molecule is CC(C)(O)c1cc2nc([C@H]3CC[C@H](CN4CCC(CCNc5cccc6c5C(=O)N(C5CCC(=O)NC5=O)C6)CC4)CC3)sc2cc1NC(=O)c1ccccn1. The van der Waals surface area contributed by atoms with Crippen molar-refractivity contribution >= 4 is 56.6 Å². The summed E-state index contributed by atoms with van der Waals surface area (Å²) in [5, 5.41) is 21.0. The summed E-state index contributed by atoms with van der Waals surface area (Å²) >= 11 is 1.70. The summed E-state index contributed by atoms with van der Waals surface area (Å²) in [7, 11) is 0. The van der Waals surface area contributed by atoms with Crippen molar-refractivity contribution in [2.45, 2.75) is 95.7 Å². The lowest BCUT2D eigenvalue weighted by molar-refractivity contribution is -0.136. The average Bonchev–Trinajstić information content (AvgIpc) is 3.76. The number of carbonyl (C=O) groups is 4. The highest BCUT2D eigenvalue weighted by molar-refractivity contribution is 7.18. The Balaban J connectivity index is 0.796. The molecular weight excluding hydrogens is 727 g/mol. The first-order valence-corrected chi connectivity index (χ1v) is 20.9. The molecule has 0 radical (unpaired) electrons. The Kier molecular flexibility index (Phi) is 10.9. The van der Waals surface area contributed by atoms with Gasteiger partial charge in [0.15, 0.2) is 0 Å². The lowest BCUT2D eigenvalue weighted by Crippen LogP contribution is -2.52. The highest BCUT2D eigenvalue weighted by Gasteiger charge is 2.40. The van der Waals surface area contributed by atoms with Crippen molar-refractivity contribution in [2.75, 3.05) is 36.8 Å². The fourth-order valence-corrected chi connectivity index (χ4v) is 10.2. The van der Waals surface area contributed by atoms with Gasteiger partial charge in [-0.1, -0.05) is 18.2 Å². The van der Waals surface area contributed by atoms with Gasteiger partial charge < -0.3 is 25.5 Å². The van der Waals surface area contributed by atoms with Crippen LogP contribution in [0, 0.1) is 11.8 Å². The van der Waals surface area contributed by atoms with Gasteiger partial charge in [-0.25, -0.2) is 4.98 Å². The van der Waals surface area contributed by atoms with Crippen molar-refractivity contribution in [2.24, 2.45) is 11.8 Å². The summed E-state index contributed by atoms with van der Waals surface area (Å²) in [5.74, 6) is 0.629. The highest BCUT2D eigenvalue weighted by atomic mass is 32.1. The Labute approximate surface area is 331 Å². The number of rotatable bonds is 11.